The molecular formula is C15H31N3O3S. The molecule has 1 saturated heterocycles. The van der Waals surface area contributed by atoms with Crippen LogP contribution in [0.3, 0.4) is 0 Å². The summed E-state index contributed by atoms with van der Waals surface area (Å²) in [6.07, 6.45) is 2.91. The van der Waals surface area contributed by atoms with E-state index in [1.165, 1.54) is 6.26 Å². The first-order valence-electron chi connectivity index (χ1n) is 8.24. The van der Waals surface area contributed by atoms with E-state index < -0.39 is 10.0 Å². The first-order chi connectivity index (χ1) is 10.2. The number of carbonyl (C=O) groups is 1. The molecule has 22 heavy (non-hydrogen) atoms. The van der Waals surface area contributed by atoms with Gasteiger partial charge in [0, 0.05) is 32.2 Å². The van der Waals surface area contributed by atoms with E-state index in [1.807, 2.05) is 25.7 Å². The van der Waals surface area contributed by atoms with Gasteiger partial charge in [0.1, 0.15) is 0 Å². The topological polar surface area (TPSA) is 69.7 Å². The lowest BCUT2D eigenvalue weighted by Crippen LogP contribution is -2.55. The number of piperidine rings is 1. The molecule has 1 heterocycles. The average Bonchev–Trinajstić information content (AvgIpc) is 2.47. The number of hydrogen-bond donors (Lipinski definition) is 1. The molecule has 0 radical (unpaired) electrons. The fourth-order valence-electron chi connectivity index (χ4n) is 3.13. The summed E-state index contributed by atoms with van der Waals surface area (Å²) in [6.45, 7) is 10.4. The maximum atomic E-state index is 12.4. The van der Waals surface area contributed by atoms with Crippen LogP contribution in [0.5, 0.6) is 0 Å². The Hall–Kier alpha value is -0.660. The third-order valence-corrected chi connectivity index (χ3v) is 5.87. The van der Waals surface area contributed by atoms with Crippen LogP contribution in [0, 0.1) is 5.92 Å². The van der Waals surface area contributed by atoms with Crippen molar-refractivity contribution >= 4 is 15.9 Å². The van der Waals surface area contributed by atoms with Crippen molar-refractivity contribution < 1.29 is 13.2 Å². The molecular weight excluding hydrogens is 302 g/mol. The highest BCUT2D eigenvalue weighted by atomic mass is 32.2. The number of sulfonamides is 1. The molecule has 1 aliphatic heterocycles. The zero-order valence-corrected chi connectivity index (χ0v) is 15.3. The molecule has 3 unspecified atom stereocenters. The lowest BCUT2D eigenvalue weighted by atomic mass is 9.90. The first kappa shape index (κ1) is 19.4. The maximum absolute atomic E-state index is 12.4. The van der Waals surface area contributed by atoms with Crippen LogP contribution in [0.25, 0.3) is 0 Å². The van der Waals surface area contributed by atoms with Gasteiger partial charge in [0.25, 0.3) is 0 Å². The van der Waals surface area contributed by atoms with Crippen LogP contribution in [0.4, 0.5) is 0 Å². The quantitative estimate of drug-likeness (QED) is 0.751. The number of likely N-dealkylation sites (N-methyl/N-ethyl adjacent to an activating group) is 1. The van der Waals surface area contributed by atoms with Crippen molar-refractivity contribution in [3.63, 3.8) is 0 Å². The number of nitrogens with zero attached hydrogens (tertiary/aromatic N) is 2. The van der Waals surface area contributed by atoms with Gasteiger partial charge < -0.3 is 10.2 Å². The molecule has 3 atom stereocenters. The number of carbonyl (C=O) groups excluding carboxylic acids is 1. The van der Waals surface area contributed by atoms with E-state index >= 15 is 0 Å². The minimum absolute atomic E-state index is 0.116. The van der Waals surface area contributed by atoms with E-state index in [2.05, 4.69) is 12.2 Å². The summed E-state index contributed by atoms with van der Waals surface area (Å²) < 4.78 is 24.9. The zero-order chi connectivity index (χ0) is 16.9. The second kappa shape index (κ2) is 8.26. The highest BCUT2D eigenvalue weighted by Gasteiger charge is 2.33. The second-order valence-electron chi connectivity index (χ2n) is 6.08. The van der Waals surface area contributed by atoms with Crippen LogP contribution >= 0.6 is 0 Å². The summed E-state index contributed by atoms with van der Waals surface area (Å²) in [5.41, 5.74) is 0. The average molecular weight is 333 g/mol. The number of nitrogens with one attached hydrogen (secondary N) is 1. The van der Waals surface area contributed by atoms with Crippen molar-refractivity contribution in [2.24, 2.45) is 5.92 Å². The molecule has 0 aliphatic carbocycles. The standard InChI is InChI=1S/C15H31N3O3S/c1-6-13-11-18(22(5,20)21)10-9-14(13)16-12(4)15(19)17(7-2)8-3/h12-14,16H,6-11H2,1-5H3. The number of hydrogen-bond acceptors (Lipinski definition) is 4. The van der Waals surface area contributed by atoms with Crippen LogP contribution in [-0.2, 0) is 14.8 Å². The molecule has 1 amide bonds. The summed E-state index contributed by atoms with van der Waals surface area (Å²) >= 11 is 0. The van der Waals surface area contributed by atoms with Gasteiger partial charge in [-0.25, -0.2) is 12.7 Å². The molecule has 0 aromatic carbocycles. The van der Waals surface area contributed by atoms with Gasteiger partial charge in [-0.15, -0.1) is 0 Å². The molecule has 7 heteroatoms. The Bertz CT molecular complexity index is 463. The van der Waals surface area contributed by atoms with Crippen molar-refractivity contribution in [3.05, 3.63) is 0 Å². The van der Waals surface area contributed by atoms with Crippen LogP contribution in [0.15, 0.2) is 0 Å². The predicted molar refractivity (Wildman–Crippen MR) is 89.1 cm³/mol. The fraction of sp³-hybridized carbons (Fsp3) is 0.933. The third-order valence-electron chi connectivity index (χ3n) is 4.60. The molecule has 0 aromatic heterocycles. The summed E-state index contributed by atoms with van der Waals surface area (Å²) in [7, 11) is -3.13. The molecule has 0 spiro atoms. The molecule has 6 nitrogen and oxygen atoms in total. The second-order valence-corrected chi connectivity index (χ2v) is 8.07. The Morgan fingerprint density at radius 2 is 1.91 bits per heavy atom. The summed E-state index contributed by atoms with van der Waals surface area (Å²) in [5.74, 6) is 0.362. The lowest BCUT2D eigenvalue weighted by molar-refractivity contribution is -0.133. The SMILES string of the molecule is CCC1CN(S(C)(=O)=O)CCC1NC(C)C(=O)N(CC)CC. The molecule has 1 N–H and O–H groups in total. The van der Waals surface area contributed by atoms with E-state index in [4.69, 9.17) is 0 Å². The number of amides is 1. The molecule has 0 bridgehead atoms. The van der Waals surface area contributed by atoms with Gasteiger partial charge in [0.15, 0.2) is 0 Å². The van der Waals surface area contributed by atoms with Crippen molar-refractivity contribution in [2.45, 2.75) is 52.6 Å². The smallest absolute Gasteiger partial charge is 0.239 e. The zero-order valence-electron chi connectivity index (χ0n) is 14.5. The first-order valence-corrected chi connectivity index (χ1v) is 10.1. The van der Waals surface area contributed by atoms with Crippen molar-refractivity contribution in [2.75, 3.05) is 32.4 Å². The summed E-state index contributed by atoms with van der Waals surface area (Å²) in [4.78, 5) is 14.2. The summed E-state index contributed by atoms with van der Waals surface area (Å²) in [6, 6.07) is -0.0405. The van der Waals surface area contributed by atoms with Gasteiger partial charge in [-0.3, -0.25) is 4.79 Å². The van der Waals surface area contributed by atoms with E-state index in [1.54, 1.807) is 4.31 Å². The van der Waals surface area contributed by atoms with Crippen molar-refractivity contribution in [1.82, 2.24) is 14.5 Å². The Balaban J connectivity index is 2.67. The Kier molecular flexibility index (Phi) is 7.28. The van der Waals surface area contributed by atoms with Gasteiger partial charge in [-0.1, -0.05) is 13.3 Å². The molecule has 1 aliphatic rings. The van der Waals surface area contributed by atoms with Crippen LogP contribution in [0.1, 0.15) is 40.5 Å². The van der Waals surface area contributed by atoms with Crippen LogP contribution < -0.4 is 5.32 Å². The molecule has 0 saturated carbocycles. The minimum Gasteiger partial charge on any atom is -0.342 e. The Labute approximate surface area is 135 Å². The largest absolute Gasteiger partial charge is 0.342 e. The van der Waals surface area contributed by atoms with Gasteiger partial charge in [-0.05, 0) is 33.1 Å². The van der Waals surface area contributed by atoms with Gasteiger partial charge in [-0.2, -0.15) is 0 Å². The summed E-state index contributed by atoms with van der Waals surface area (Å²) in [5, 5.41) is 3.43. The van der Waals surface area contributed by atoms with E-state index in [0.29, 0.717) is 26.2 Å². The molecule has 130 valence electrons. The minimum atomic E-state index is -3.13. The fourth-order valence-corrected chi connectivity index (χ4v) is 4.03. The van der Waals surface area contributed by atoms with Gasteiger partial charge in [0.2, 0.25) is 15.9 Å². The van der Waals surface area contributed by atoms with Crippen molar-refractivity contribution in [3.8, 4) is 0 Å². The molecule has 1 rings (SSSR count). The van der Waals surface area contributed by atoms with E-state index in [-0.39, 0.29) is 23.9 Å². The monoisotopic (exact) mass is 333 g/mol. The maximum Gasteiger partial charge on any atom is 0.239 e. The molecule has 1 fully saturated rings. The molecule has 0 aromatic rings. The Morgan fingerprint density at radius 3 is 2.36 bits per heavy atom. The predicted octanol–water partition coefficient (Wildman–Crippen LogP) is 0.893. The van der Waals surface area contributed by atoms with E-state index in [0.717, 1.165) is 12.8 Å². The Morgan fingerprint density at radius 1 is 1.32 bits per heavy atom. The third kappa shape index (κ3) is 4.93. The van der Waals surface area contributed by atoms with Crippen molar-refractivity contribution in [1.29, 1.82) is 0 Å². The van der Waals surface area contributed by atoms with Crippen LogP contribution in [-0.4, -0.2) is 68.0 Å². The number of rotatable bonds is 7. The van der Waals surface area contributed by atoms with E-state index in [9.17, 15) is 13.2 Å². The normalized spacial score (nSPS) is 25.0. The highest BCUT2D eigenvalue weighted by molar-refractivity contribution is 7.88. The lowest BCUT2D eigenvalue weighted by Gasteiger charge is -2.39. The van der Waals surface area contributed by atoms with Crippen LogP contribution in [0.2, 0.25) is 0 Å². The highest BCUT2D eigenvalue weighted by Crippen LogP contribution is 2.22. The van der Waals surface area contributed by atoms with Gasteiger partial charge >= 0.3 is 0 Å². The van der Waals surface area contributed by atoms with Gasteiger partial charge in [0.05, 0.1) is 12.3 Å².